The highest BCUT2D eigenvalue weighted by Crippen LogP contribution is 2.25. The molecule has 172 valence electrons. The Labute approximate surface area is 197 Å². The minimum Gasteiger partial charge on any atom is -0.370 e. The van der Waals surface area contributed by atoms with Crippen LogP contribution in [-0.2, 0) is 14.3 Å². The van der Waals surface area contributed by atoms with Gasteiger partial charge in [0.25, 0.3) is 0 Å². The molecule has 0 saturated carbocycles. The number of rotatable bonds is 8. The van der Waals surface area contributed by atoms with E-state index in [1.165, 1.54) is 12.1 Å². The van der Waals surface area contributed by atoms with Gasteiger partial charge < -0.3 is 15.0 Å². The van der Waals surface area contributed by atoms with Gasteiger partial charge in [-0.25, -0.2) is 4.39 Å². The van der Waals surface area contributed by atoms with Gasteiger partial charge in [-0.1, -0.05) is 42.3 Å². The Hall–Kier alpha value is -2.19. The second-order valence-corrected chi connectivity index (χ2v) is 8.48. The average molecular weight is 482 g/mol. The summed E-state index contributed by atoms with van der Waals surface area (Å²) in [5, 5.41) is 3.60. The van der Waals surface area contributed by atoms with Gasteiger partial charge in [0.1, 0.15) is 11.9 Å². The van der Waals surface area contributed by atoms with Gasteiger partial charge >= 0.3 is 0 Å². The third kappa shape index (κ3) is 6.90. The van der Waals surface area contributed by atoms with E-state index in [-0.39, 0.29) is 36.8 Å². The molecule has 2 amide bonds. The number of morpholine rings is 1. The van der Waals surface area contributed by atoms with Crippen LogP contribution in [0.25, 0.3) is 0 Å². The van der Waals surface area contributed by atoms with Gasteiger partial charge in [-0.05, 0) is 48.9 Å². The largest absolute Gasteiger partial charge is 0.370 e. The molecule has 0 radical (unpaired) electrons. The van der Waals surface area contributed by atoms with E-state index in [1.54, 1.807) is 35.2 Å². The normalized spacial score (nSPS) is 16.3. The predicted octanol–water partition coefficient (Wildman–Crippen LogP) is 4.38. The number of nitrogens with zero attached hydrogens (tertiary/aromatic N) is 2. The average Bonchev–Trinajstić information content (AvgIpc) is 2.76. The summed E-state index contributed by atoms with van der Waals surface area (Å²) >= 11 is 12.0. The van der Waals surface area contributed by atoms with Crippen LogP contribution < -0.4 is 5.32 Å². The number of benzene rings is 2. The van der Waals surface area contributed by atoms with Crippen molar-refractivity contribution >= 4 is 40.7 Å². The van der Waals surface area contributed by atoms with E-state index in [9.17, 15) is 14.0 Å². The van der Waals surface area contributed by atoms with E-state index in [4.69, 9.17) is 27.9 Å². The maximum atomic E-state index is 13.2. The summed E-state index contributed by atoms with van der Waals surface area (Å²) < 4.78 is 19.0. The van der Waals surface area contributed by atoms with E-state index >= 15 is 0 Å². The quantitative estimate of drug-likeness (QED) is 0.607. The minimum atomic E-state index is -0.314. The van der Waals surface area contributed by atoms with Crippen LogP contribution in [0.2, 0.25) is 10.0 Å². The Balaban J connectivity index is 1.57. The first-order chi connectivity index (χ1) is 15.4. The lowest BCUT2D eigenvalue weighted by molar-refractivity contribution is -0.140. The van der Waals surface area contributed by atoms with Crippen molar-refractivity contribution in [2.75, 3.05) is 44.6 Å². The maximum Gasteiger partial charge on any atom is 0.238 e. The molecule has 0 aliphatic carbocycles. The smallest absolute Gasteiger partial charge is 0.238 e. The van der Waals surface area contributed by atoms with Crippen LogP contribution in [0.3, 0.4) is 0 Å². The summed E-state index contributed by atoms with van der Waals surface area (Å²) in [6.45, 7) is 4.02. The molecule has 6 nitrogen and oxygen atoms in total. The highest BCUT2D eigenvalue weighted by atomic mass is 35.5. The van der Waals surface area contributed by atoms with E-state index < -0.39 is 0 Å². The number of carbonyl (C=O) groups is 2. The van der Waals surface area contributed by atoms with Gasteiger partial charge in [0.15, 0.2) is 0 Å². The standard InChI is InChI=1S/C23H26Cl2FN3O3/c1-2-9-28(14-22(30)27-20-8-5-17(24)12-19(20)25)15-23(31)29-10-11-32-21(13-29)16-3-6-18(26)7-4-16/h3-8,12,21H,2,9-11,13-15H2,1H3,(H,27,30). The molecular weight excluding hydrogens is 456 g/mol. The molecule has 2 aromatic rings. The van der Waals surface area contributed by atoms with Crippen molar-refractivity contribution in [3.05, 3.63) is 63.9 Å². The molecule has 1 N–H and O–H groups in total. The van der Waals surface area contributed by atoms with Crippen molar-refractivity contribution in [1.82, 2.24) is 9.80 Å². The number of anilines is 1. The van der Waals surface area contributed by atoms with Crippen molar-refractivity contribution in [3.63, 3.8) is 0 Å². The molecule has 1 fully saturated rings. The second-order valence-electron chi connectivity index (χ2n) is 7.63. The molecule has 2 aromatic carbocycles. The van der Waals surface area contributed by atoms with Gasteiger partial charge in [-0.3, -0.25) is 14.5 Å². The number of amides is 2. The SMILES string of the molecule is CCCN(CC(=O)Nc1ccc(Cl)cc1Cl)CC(=O)N1CCOC(c2ccc(F)cc2)C1. The first kappa shape index (κ1) is 24.5. The van der Waals surface area contributed by atoms with Crippen LogP contribution in [0.15, 0.2) is 42.5 Å². The molecule has 0 spiro atoms. The van der Waals surface area contributed by atoms with Gasteiger partial charge in [0, 0.05) is 11.6 Å². The summed E-state index contributed by atoms with van der Waals surface area (Å²) in [6.07, 6.45) is 0.493. The van der Waals surface area contributed by atoms with Crippen LogP contribution in [0.5, 0.6) is 0 Å². The molecule has 1 aliphatic rings. The molecule has 32 heavy (non-hydrogen) atoms. The Morgan fingerprint density at radius 3 is 2.62 bits per heavy atom. The fraction of sp³-hybridized carbons (Fsp3) is 0.391. The third-order valence-corrected chi connectivity index (χ3v) is 5.68. The lowest BCUT2D eigenvalue weighted by Gasteiger charge is -2.34. The summed E-state index contributed by atoms with van der Waals surface area (Å²) in [4.78, 5) is 29.0. The Kier molecular flexibility index (Phi) is 8.87. The van der Waals surface area contributed by atoms with E-state index in [2.05, 4.69) is 5.32 Å². The summed E-state index contributed by atoms with van der Waals surface area (Å²) in [7, 11) is 0. The molecule has 3 rings (SSSR count). The van der Waals surface area contributed by atoms with Crippen LogP contribution in [0.1, 0.15) is 25.0 Å². The second kappa shape index (κ2) is 11.6. The molecule has 0 aromatic heterocycles. The number of hydrogen-bond donors (Lipinski definition) is 1. The Bertz CT molecular complexity index is 943. The van der Waals surface area contributed by atoms with Crippen molar-refractivity contribution < 1.29 is 18.7 Å². The molecule has 1 saturated heterocycles. The maximum absolute atomic E-state index is 13.2. The zero-order valence-corrected chi connectivity index (χ0v) is 19.3. The zero-order chi connectivity index (χ0) is 23.1. The predicted molar refractivity (Wildman–Crippen MR) is 123 cm³/mol. The van der Waals surface area contributed by atoms with E-state index in [0.29, 0.717) is 42.0 Å². The Morgan fingerprint density at radius 2 is 1.94 bits per heavy atom. The molecule has 0 bridgehead atoms. The number of nitrogens with one attached hydrogen (secondary N) is 1. The summed E-state index contributed by atoms with van der Waals surface area (Å²) in [6, 6.07) is 10.9. The van der Waals surface area contributed by atoms with Crippen molar-refractivity contribution in [1.29, 1.82) is 0 Å². The van der Waals surface area contributed by atoms with E-state index in [1.807, 2.05) is 11.8 Å². The van der Waals surface area contributed by atoms with Gasteiger partial charge in [-0.15, -0.1) is 0 Å². The number of halogens is 3. The van der Waals surface area contributed by atoms with E-state index in [0.717, 1.165) is 12.0 Å². The minimum absolute atomic E-state index is 0.0598. The van der Waals surface area contributed by atoms with Crippen LogP contribution in [0, 0.1) is 5.82 Å². The molecule has 1 atom stereocenters. The van der Waals surface area contributed by atoms with Crippen molar-refractivity contribution in [2.24, 2.45) is 0 Å². The lowest BCUT2D eigenvalue weighted by Crippen LogP contribution is -2.48. The zero-order valence-electron chi connectivity index (χ0n) is 17.8. The number of ether oxygens (including phenoxy) is 1. The van der Waals surface area contributed by atoms with Crippen molar-refractivity contribution in [3.8, 4) is 0 Å². The lowest BCUT2D eigenvalue weighted by atomic mass is 10.1. The highest BCUT2D eigenvalue weighted by Gasteiger charge is 2.27. The number of carbonyl (C=O) groups excluding carboxylic acids is 2. The molecule has 1 heterocycles. The Morgan fingerprint density at radius 1 is 1.19 bits per heavy atom. The first-order valence-electron chi connectivity index (χ1n) is 10.5. The fourth-order valence-electron chi connectivity index (χ4n) is 3.56. The first-order valence-corrected chi connectivity index (χ1v) is 11.2. The van der Waals surface area contributed by atoms with Crippen LogP contribution in [-0.4, -0.2) is 60.9 Å². The molecular formula is C23H26Cl2FN3O3. The van der Waals surface area contributed by atoms with Crippen molar-refractivity contribution in [2.45, 2.75) is 19.4 Å². The number of hydrogen-bond acceptors (Lipinski definition) is 4. The van der Waals surface area contributed by atoms with Crippen LogP contribution in [0.4, 0.5) is 10.1 Å². The van der Waals surface area contributed by atoms with Gasteiger partial charge in [0.05, 0.1) is 37.0 Å². The highest BCUT2D eigenvalue weighted by molar-refractivity contribution is 6.36. The topological polar surface area (TPSA) is 61.9 Å². The summed E-state index contributed by atoms with van der Waals surface area (Å²) in [5.41, 5.74) is 1.30. The molecule has 1 aliphatic heterocycles. The third-order valence-electron chi connectivity index (χ3n) is 5.13. The monoisotopic (exact) mass is 481 g/mol. The fourth-order valence-corrected chi connectivity index (χ4v) is 4.02. The van der Waals surface area contributed by atoms with Crippen LogP contribution >= 0.6 is 23.2 Å². The van der Waals surface area contributed by atoms with Gasteiger partial charge in [-0.2, -0.15) is 0 Å². The molecule has 9 heteroatoms. The summed E-state index contributed by atoms with van der Waals surface area (Å²) in [5.74, 6) is -0.654. The van der Waals surface area contributed by atoms with Gasteiger partial charge in [0.2, 0.25) is 11.8 Å². The molecule has 1 unspecified atom stereocenters.